The maximum atomic E-state index is 12.2. The van der Waals surface area contributed by atoms with Gasteiger partial charge in [0.15, 0.2) is 5.13 Å². The monoisotopic (exact) mass is 388 g/mol. The predicted octanol–water partition coefficient (Wildman–Crippen LogP) is 3.79. The Morgan fingerprint density at radius 1 is 1.22 bits per heavy atom. The number of nitrogens with zero attached hydrogens (tertiary/aromatic N) is 1. The maximum absolute atomic E-state index is 12.2. The molecule has 1 fully saturated rings. The summed E-state index contributed by atoms with van der Waals surface area (Å²) in [7, 11) is 1.58. The molecule has 1 heterocycles. The molecule has 0 saturated heterocycles. The van der Waals surface area contributed by atoms with E-state index in [1.807, 2.05) is 12.1 Å². The first-order valence-electron chi connectivity index (χ1n) is 9.08. The molecular formula is C19H24N4O3S. The van der Waals surface area contributed by atoms with Crippen molar-refractivity contribution in [3.63, 3.8) is 0 Å². The summed E-state index contributed by atoms with van der Waals surface area (Å²) in [5.74, 6) is 0.503. The molecule has 8 heteroatoms. The molecule has 0 spiro atoms. The van der Waals surface area contributed by atoms with Crippen LogP contribution < -0.4 is 20.7 Å². The lowest BCUT2D eigenvalue weighted by Crippen LogP contribution is -2.39. The average molecular weight is 388 g/mol. The van der Waals surface area contributed by atoms with Gasteiger partial charge < -0.3 is 15.4 Å². The van der Waals surface area contributed by atoms with E-state index in [-0.39, 0.29) is 24.4 Å². The molecule has 3 amide bonds. The summed E-state index contributed by atoms with van der Waals surface area (Å²) in [6.07, 6.45) is 5.76. The summed E-state index contributed by atoms with van der Waals surface area (Å²) in [6.45, 7) is 0. The lowest BCUT2D eigenvalue weighted by molar-refractivity contribution is -0.115. The highest BCUT2D eigenvalue weighted by molar-refractivity contribution is 7.13. The number of anilines is 2. The highest BCUT2D eigenvalue weighted by Crippen LogP contribution is 2.20. The Bertz CT molecular complexity index is 787. The molecule has 2 aromatic rings. The molecule has 1 aliphatic carbocycles. The van der Waals surface area contributed by atoms with E-state index in [9.17, 15) is 9.59 Å². The van der Waals surface area contributed by atoms with Crippen LogP contribution in [0, 0.1) is 0 Å². The number of rotatable bonds is 6. The maximum Gasteiger partial charge on any atom is 0.321 e. The van der Waals surface area contributed by atoms with E-state index in [0.29, 0.717) is 22.3 Å². The molecule has 0 bridgehead atoms. The second-order valence-corrected chi connectivity index (χ2v) is 7.39. The summed E-state index contributed by atoms with van der Waals surface area (Å²) in [5, 5.41) is 10.8. The van der Waals surface area contributed by atoms with Gasteiger partial charge in [0.25, 0.3) is 0 Å². The Morgan fingerprint density at radius 3 is 2.81 bits per heavy atom. The Labute approximate surface area is 162 Å². The number of aromatic nitrogens is 1. The molecule has 3 N–H and O–H groups in total. The molecule has 1 aliphatic rings. The molecule has 7 nitrogen and oxygen atoms in total. The van der Waals surface area contributed by atoms with Crippen molar-refractivity contribution in [1.82, 2.24) is 10.3 Å². The minimum Gasteiger partial charge on any atom is -0.497 e. The van der Waals surface area contributed by atoms with Crippen molar-refractivity contribution in [2.24, 2.45) is 0 Å². The van der Waals surface area contributed by atoms with Crippen molar-refractivity contribution in [2.45, 2.75) is 44.6 Å². The lowest BCUT2D eigenvalue weighted by Gasteiger charge is -2.22. The van der Waals surface area contributed by atoms with E-state index in [2.05, 4.69) is 20.9 Å². The average Bonchev–Trinajstić information content (AvgIpc) is 3.09. The van der Waals surface area contributed by atoms with Crippen LogP contribution >= 0.6 is 11.3 Å². The number of amides is 3. The first-order chi connectivity index (χ1) is 13.1. The molecular weight excluding hydrogens is 364 g/mol. The third kappa shape index (κ3) is 5.96. The summed E-state index contributed by atoms with van der Waals surface area (Å²) < 4.78 is 5.14. The molecule has 3 rings (SSSR count). The van der Waals surface area contributed by atoms with Crippen LogP contribution in [0.1, 0.15) is 37.8 Å². The Kier molecular flexibility index (Phi) is 6.64. The van der Waals surface area contributed by atoms with Gasteiger partial charge in [-0.25, -0.2) is 9.78 Å². The number of carbonyl (C=O) groups excluding carboxylic acids is 2. The zero-order chi connectivity index (χ0) is 19.1. The fourth-order valence-electron chi connectivity index (χ4n) is 3.08. The van der Waals surface area contributed by atoms with Gasteiger partial charge in [0.2, 0.25) is 5.91 Å². The third-order valence-electron chi connectivity index (χ3n) is 4.41. The molecule has 1 aromatic heterocycles. The largest absolute Gasteiger partial charge is 0.497 e. The molecule has 1 saturated carbocycles. The normalized spacial score (nSPS) is 14.4. The van der Waals surface area contributed by atoms with Gasteiger partial charge in [-0.05, 0) is 25.0 Å². The van der Waals surface area contributed by atoms with Crippen LogP contribution in [0.4, 0.5) is 15.6 Å². The fourth-order valence-corrected chi connectivity index (χ4v) is 3.79. The Morgan fingerprint density at radius 2 is 2.04 bits per heavy atom. The number of methoxy groups -OCH3 is 1. The molecule has 0 radical (unpaired) electrons. The number of carbonyl (C=O) groups is 2. The lowest BCUT2D eigenvalue weighted by atomic mass is 9.96. The van der Waals surface area contributed by atoms with Crippen molar-refractivity contribution in [1.29, 1.82) is 0 Å². The minimum atomic E-state index is -0.233. The van der Waals surface area contributed by atoms with Gasteiger partial charge in [0.05, 0.1) is 19.2 Å². The molecule has 144 valence electrons. The van der Waals surface area contributed by atoms with Crippen LogP contribution in [0.15, 0.2) is 29.6 Å². The van der Waals surface area contributed by atoms with Gasteiger partial charge in [-0.15, -0.1) is 11.3 Å². The number of hydrogen-bond acceptors (Lipinski definition) is 5. The number of urea groups is 1. The van der Waals surface area contributed by atoms with E-state index in [1.54, 1.807) is 24.6 Å². The van der Waals surface area contributed by atoms with Gasteiger partial charge in [0.1, 0.15) is 5.75 Å². The second kappa shape index (κ2) is 9.36. The van der Waals surface area contributed by atoms with E-state index < -0.39 is 0 Å². The molecule has 0 aliphatic heterocycles. The van der Waals surface area contributed by atoms with Crippen molar-refractivity contribution in [3.8, 4) is 5.75 Å². The van der Waals surface area contributed by atoms with E-state index in [1.165, 1.54) is 17.8 Å². The zero-order valence-electron chi connectivity index (χ0n) is 15.3. The first kappa shape index (κ1) is 19.2. The predicted molar refractivity (Wildman–Crippen MR) is 106 cm³/mol. The summed E-state index contributed by atoms with van der Waals surface area (Å²) in [5.41, 5.74) is 1.29. The topological polar surface area (TPSA) is 92.4 Å². The minimum absolute atomic E-state index is 0.139. The highest BCUT2D eigenvalue weighted by atomic mass is 32.1. The number of ether oxygens (including phenoxy) is 1. The highest BCUT2D eigenvalue weighted by Gasteiger charge is 2.16. The molecule has 0 atom stereocenters. The van der Waals surface area contributed by atoms with Crippen molar-refractivity contribution < 1.29 is 14.3 Å². The molecule has 1 aromatic carbocycles. The van der Waals surface area contributed by atoms with Crippen LogP contribution in [0.25, 0.3) is 0 Å². The van der Waals surface area contributed by atoms with Crippen molar-refractivity contribution in [3.05, 3.63) is 35.3 Å². The molecule has 27 heavy (non-hydrogen) atoms. The van der Waals surface area contributed by atoms with Crippen LogP contribution in [0.2, 0.25) is 0 Å². The van der Waals surface area contributed by atoms with Crippen LogP contribution in [0.3, 0.4) is 0 Å². The Balaban J connectivity index is 1.48. The van der Waals surface area contributed by atoms with Crippen LogP contribution in [-0.2, 0) is 11.2 Å². The van der Waals surface area contributed by atoms with Gasteiger partial charge in [-0.2, -0.15) is 0 Å². The van der Waals surface area contributed by atoms with Crippen molar-refractivity contribution in [2.75, 3.05) is 17.7 Å². The van der Waals surface area contributed by atoms with Crippen LogP contribution in [-0.4, -0.2) is 30.1 Å². The van der Waals surface area contributed by atoms with Gasteiger partial charge >= 0.3 is 6.03 Å². The van der Waals surface area contributed by atoms with E-state index in [4.69, 9.17) is 4.74 Å². The van der Waals surface area contributed by atoms with E-state index >= 15 is 0 Å². The Hall–Kier alpha value is -2.61. The summed E-state index contributed by atoms with van der Waals surface area (Å²) in [4.78, 5) is 28.6. The van der Waals surface area contributed by atoms with E-state index in [0.717, 1.165) is 25.7 Å². The van der Waals surface area contributed by atoms with Gasteiger partial charge in [-0.3, -0.25) is 10.1 Å². The fraction of sp³-hybridized carbons (Fsp3) is 0.421. The van der Waals surface area contributed by atoms with Crippen molar-refractivity contribution >= 4 is 34.1 Å². The first-order valence-corrected chi connectivity index (χ1v) is 9.96. The summed E-state index contributed by atoms with van der Waals surface area (Å²) >= 11 is 1.31. The van der Waals surface area contributed by atoms with Crippen LogP contribution in [0.5, 0.6) is 5.75 Å². The number of hydrogen-bond donors (Lipinski definition) is 3. The summed E-state index contributed by atoms with van der Waals surface area (Å²) in [6, 6.07) is 7.18. The quantitative estimate of drug-likeness (QED) is 0.702. The number of thiazole rings is 1. The smallest absolute Gasteiger partial charge is 0.321 e. The SMILES string of the molecule is COc1cccc(NC(=O)Cc2csc(NC(=O)NC3CCCCC3)n2)c1. The molecule has 0 unspecified atom stereocenters. The zero-order valence-corrected chi connectivity index (χ0v) is 16.1. The van der Waals surface area contributed by atoms with Gasteiger partial charge in [0, 0.05) is 23.2 Å². The number of nitrogens with one attached hydrogen (secondary N) is 3. The number of benzene rings is 1. The standard InChI is InChI=1S/C19H24N4O3S/c1-26-16-9-5-8-14(10-16)20-17(24)11-15-12-27-19(22-15)23-18(25)21-13-6-3-2-4-7-13/h5,8-10,12-13H,2-4,6-7,11H2,1H3,(H,20,24)(H2,21,22,23,25). The third-order valence-corrected chi connectivity index (χ3v) is 5.21. The second-order valence-electron chi connectivity index (χ2n) is 6.53. The van der Waals surface area contributed by atoms with Gasteiger partial charge in [-0.1, -0.05) is 25.3 Å².